The minimum Gasteiger partial charge on any atom is -0.486 e. The first kappa shape index (κ1) is 17.2. The molecular weight excluding hydrogens is 386 g/mol. The standard InChI is InChI=1S/C18H20ClN5O2S/c19-12-9-21-17(22-10-12)11-1-5-24(6-2-11)18-15-14(20-4-7-26-15)16-13(23-18)3-8-27(16)25/h9-11,20H,1-8H2/t27-/m1/s1. The molecule has 7 nitrogen and oxygen atoms in total. The van der Waals surface area contributed by atoms with Gasteiger partial charge in [0.15, 0.2) is 11.6 Å². The van der Waals surface area contributed by atoms with Crippen LogP contribution in [0.4, 0.5) is 11.5 Å². The van der Waals surface area contributed by atoms with E-state index in [9.17, 15) is 4.21 Å². The Hall–Kier alpha value is -1.93. The Bertz CT molecular complexity index is 900. The lowest BCUT2D eigenvalue weighted by molar-refractivity contribution is 0.319. The summed E-state index contributed by atoms with van der Waals surface area (Å²) in [5, 5.41) is 3.96. The van der Waals surface area contributed by atoms with Crippen molar-refractivity contribution in [3.8, 4) is 5.75 Å². The average molecular weight is 406 g/mol. The summed E-state index contributed by atoms with van der Waals surface area (Å²) in [6, 6.07) is 0. The molecule has 0 amide bonds. The summed E-state index contributed by atoms with van der Waals surface area (Å²) >= 11 is 5.89. The molecule has 1 N–H and O–H groups in total. The zero-order valence-corrected chi connectivity index (χ0v) is 16.4. The van der Waals surface area contributed by atoms with Gasteiger partial charge in [-0.05, 0) is 12.8 Å². The van der Waals surface area contributed by atoms with Crippen LogP contribution in [-0.4, -0.2) is 51.2 Å². The molecule has 0 unspecified atom stereocenters. The third-order valence-corrected chi connectivity index (χ3v) is 7.03. The van der Waals surface area contributed by atoms with Crippen LogP contribution in [0.25, 0.3) is 0 Å². The van der Waals surface area contributed by atoms with Crippen molar-refractivity contribution in [2.24, 2.45) is 0 Å². The fourth-order valence-electron chi connectivity index (χ4n) is 4.02. The van der Waals surface area contributed by atoms with Crippen LogP contribution in [0.2, 0.25) is 5.02 Å². The molecule has 0 bridgehead atoms. The molecular formula is C18H20ClN5O2S. The maximum atomic E-state index is 12.4. The van der Waals surface area contributed by atoms with Crippen LogP contribution in [0.3, 0.4) is 0 Å². The molecule has 9 heteroatoms. The number of pyridine rings is 1. The number of ether oxygens (including phenoxy) is 1. The van der Waals surface area contributed by atoms with Gasteiger partial charge in [0.1, 0.15) is 12.4 Å². The van der Waals surface area contributed by atoms with Crippen molar-refractivity contribution in [3.63, 3.8) is 0 Å². The van der Waals surface area contributed by atoms with Gasteiger partial charge in [-0.3, -0.25) is 4.21 Å². The van der Waals surface area contributed by atoms with Gasteiger partial charge in [0, 0.05) is 50.1 Å². The van der Waals surface area contributed by atoms with Gasteiger partial charge in [-0.1, -0.05) is 11.6 Å². The van der Waals surface area contributed by atoms with Crippen LogP contribution in [0.1, 0.15) is 30.3 Å². The molecule has 1 fully saturated rings. The number of rotatable bonds is 2. The van der Waals surface area contributed by atoms with E-state index in [1.807, 2.05) is 0 Å². The van der Waals surface area contributed by atoms with Crippen molar-refractivity contribution in [2.75, 3.05) is 42.2 Å². The summed E-state index contributed by atoms with van der Waals surface area (Å²) in [6.45, 7) is 3.06. The van der Waals surface area contributed by atoms with Gasteiger partial charge < -0.3 is 15.0 Å². The second kappa shape index (κ2) is 6.91. The average Bonchev–Trinajstić information content (AvgIpc) is 3.09. The molecule has 1 atom stereocenters. The Balaban J connectivity index is 1.41. The largest absolute Gasteiger partial charge is 0.486 e. The highest BCUT2D eigenvalue weighted by Crippen LogP contribution is 2.45. The van der Waals surface area contributed by atoms with Crippen LogP contribution in [0.5, 0.6) is 5.75 Å². The molecule has 0 saturated carbocycles. The van der Waals surface area contributed by atoms with Crippen molar-refractivity contribution in [2.45, 2.75) is 30.1 Å². The van der Waals surface area contributed by atoms with Gasteiger partial charge in [-0.25, -0.2) is 15.0 Å². The summed E-state index contributed by atoms with van der Waals surface area (Å²) in [5.41, 5.74) is 1.84. The number of halogens is 1. The molecule has 0 aromatic carbocycles. The van der Waals surface area contributed by atoms with E-state index in [2.05, 4.69) is 20.2 Å². The molecule has 0 spiro atoms. The number of nitrogens with one attached hydrogen (secondary N) is 1. The third kappa shape index (κ3) is 3.04. The fourth-order valence-corrected chi connectivity index (χ4v) is 5.50. The predicted molar refractivity (Wildman–Crippen MR) is 104 cm³/mol. The maximum Gasteiger partial charge on any atom is 0.186 e. The number of aromatic nitrogens is 3. The Morgan fingerprint density at radius 1 is 1.26 bits per heavy atom. The minimum absolute atomic E-state index is 0.329. The molecule has 2 aromatic rings. The molecule has 5 heterocycles. The molecule has 0 aliphatic carbocycles. The molecule has 1 saturated heterocycles. The normalized spacial score (nSPS) is 22.0. The second-order valence-corrected chi connectivity index (χ2v) is 8.96. The van der Waals surface area contributed by atoms with Crippen LogP contribution in [-0.2, 0) is 17.2 Å². The number of hydrogen-bond donors (Lipinski definition) is 1. The van der Waals surface area contributed by atoms with E-state index in [1.165, 1.54) is 0 Å². The first-order valence-corrected chi connectivity index (χ1v) is 10.9. The topological polar surface area (TPSA) is 80.2 Å². The second-order valence-electron chi connectivity index (χ2n) is 7.01. The molecule has 142 valence electrons. The smallest absolute Gasteiger partial charge is 0.186 e. The highest BCUT2D eigenvalue weighted by molar-refractivity contribution is 7.85. The van der Waals surface area contributed by atoms with Crippen LogP contribution < -0.4 is 15.0 Å². The van der Waals surface area contributed by atoms with Gasteiger partial charge >= 0.3 is 0 Å². The molecule has 0 radical (unpaired) electrons. The summed E-state index contributed by atoms with van der Waals surface area (Å²) < 4.78 is 18.4. The maximum absolute atomic E-state index is 12.4. The lowest BCUT2D eigenvalue weighted by Crippen LogP contribution is -2.35. The molecule has 3 aliphatic rings. The minimum atomic E-state index is -0.984. The SMILES string of the molecule is O=[S@@]1CCc2nc(N3CCC(c4ncc(Cl)cn4)CC3)c3c(c21)NCCO3. The van der Waals surface area contributed by atoms with Crippen LogP contribution >= 0.6 is 11.6 Å². The van der Waals surface area contributed by atoms with Gasteiger partial charge in [0.2, 0.25) is 0 Å². The van der Waals surface area contributed by atoms with Crippen LogP contribution in [0.15, 0.2) is 17.3 Å². The Morgan fingerprint density at radius 2 is 2.04 bits per heavy atom. The molecule has 27 heavy (non-hydrogen) atoms. The van der Waals surface area contributed by atoms with Gasteiger partial charge in [-0.15, -0.1) is 0 Å². The van der Waals surface area contributed by atoms with Crippen LogP contribution in [0, 0.1) is 0 Å². The lowest BCUT2D eigenvalue weighted by Gasteiger charge is -2.34. The van der Waals surface area contributed by atoms with Crippen molar-refractivity contribution >= 4 is 33.9 Å². The molecule has 3 aliphatic heterocycles. The van der Waals surface area contributed by atoms with E-state index >= 15 is 0 Å². The number of piperidine rings is 1. The van der Waals surface area contributed by atoms with E-state index in [4.69, 9.17) is 21.3 Å². The number of anilines is 2. The van der Waals surface area contributed by atoms with Crippen molar-refractivity contribution < 1.29 is 8.95 Å². The fraction of sp³-hybridized carbons (Fsp3) is 0.500. The summed E-state index contributed by atoms with van der Waals surface area (Å²) in [4.78, 5) is 16.8. The lowest BCUT2D eigenvalue weighted by atomic mass is 9.96. The van der Waals surface area contributed by atoms with E-state index in [0.717, 1.165) is 72.6 Å². The van der Waals surface area contributed by atoms with Gasteiger partial charge in [0.05, 0.1) is 32.1 Å². The van der Waals surface area contributed by atoms with E-state index in [0.29, 0.717) is 23.3 Å². The Labute approximate surface area is 165 Å². The zero-order chi connectivity index (χ0) is 18.4. The number of aryl methyl sites for hydroxylation is 1. The van der Waals surface area contributed by atoms with Gasteiger partial charge in [-0.2, -0.15) is 0 Å². The first-order chi connectivity index (χ1) is 13.2. The number of hydrogen-bond acceptors (Lipinski definition) is 7. The highest BCUT2D eigenvalue weighted by Gasteiger charge is 2.33. The summed E-state index contributed by atoms with van der Waals surface area (Å²) in [7, 11) is -0.984. The van der Waals surface area contributed by atoms with E-state index < -0.39 is 10.8 Å². The van der Waals surface area contributed by atoms with Crippen molar-refractivity contribution in [1.82, 2.24) is 15.0 Å². The monoisotopic (exact) mass is 405 g/mol. The first-order valence-electron chi connectivity index (χ1n) is 9.25. The van der Waals surface area contributed by atoms with Gasteiger partial charge in [0.25, 0.3) is 0 Å². The number of fused-ring (bicyclic) bond motifs is 3. The quantitative estimate of drug-likeness (QED) is 0.821. The van der Waals surface area contributed by atoms with Crippen molar-refractivity contribution in [3.05, 3.63) is 28.9 Å². The molecule has 2 aromatic heterocycles. The number of nitrogens with zero attached hydrogens (tertiary/aromatic N) is 4. The zero-order valence-electron chi connectivity index (χ0n) is 14.8. The third-order valence-electron chi connectivity index (χ3n) is 5.36. The molecule has 5 rings (SSSR count). The van der Waals surface area contributed by atoms with E-state index in [-0.39, 0.29) is 0 Å². The highest BCUT2D eigenvalue weighted by atomic mass is 35.5. The summed E-state index contributed by atoms with van der Waals surface area (Å²) in [6.07, 6.45) is 5.99. The summed E-state index contributed by atoms with van der Waals surface area (Å²) in [5.74, 6) is 3.48. The van der Waals surface area contributed by atoms with E-state index in [1.54, 1.807) is 12.4 Å². The van der Waals surface area contributed by atoms with Crippen molar-refractivity contribution in [1.29, 1.82) is 0 Å². The predicted octanol–water partition coefficient (Wildman–Crippen LogP) is 2.38. The Kier molecular flexibility index (Phi) is 4.40. The Morgan fingerprint density at radius 3 is 2.81 bits per heavy atom.